The van der Waals surface area contributed by atoms with Crippen molar-refractivity contribution in [3.8, 4) is 5.69 Å². The molecule has 0 spiro atoms. The first-order chi connectivity index (χ1) is 8.00. The summed E-state index contributed by atoms with van der Waals surface area (Å²) in [6, 6.07) is 6.13. The Morgan fingerprint density at radius 3 is 2.29 bits per heavy atom. The van der Waals surface area contributed by atoms with E-state index in [0.29, 0.717) is 11.1 Å². The Kier molecular flexibility index (Phi) is 3.20. The molecule has 1 aromatic carbocycles. The number of halogens is 2. The van der Waals surface area contributed by atoms with Gasteiger partial charge in [-0.2, -0.15) is 5.10 Å². The van der Waals surface area contributed by atoms with Crippen LogP contribution < -0.4 is 0 Å². The minimum atomic E-state index is -0.266. The molecule has 0 amide bonds. The molecule has 1 heterocycles. The third-order valence-corrected chi connectivity index (χ3v) is 3.06. The zero-order valence-corrected chi connectivity index (χ0v) is 10.8. The molecule has 2 nitrogen and oxygen atoms in total. The van der Waals surface area contributed by atoms with Crippen LogP contribution in [0.25, 0.3) is 5.69 Å². The highest BCUT2D eigenvalue weighted by atomic mass is 35.5. The van der Waals surface area contributed by atoms with Gasteiger partial charge in [0.25, 0.3) is 0 Å². The highest BCUT2D eigenvalue weighted by molar-refractivity contribution is 6.30. The maximum atomic E-state index is 12.9. The Labute approximate surface area is 105 Å². The smallest absolute Gasteiger partial charge is 0.136 e. The van der Waals surface area contributed by atoms with Crippen molar-refractivity contribution in [3.05, 3.63) is 46.5 Å². The lowest BCUT2D eigenvalue weighted by Crippen LogP contribution is -1.97. The molecule has 0 aliphatic carbocycles. The number of nitrogens with zero attached hydrogens (tertiary/aromatic N) is 2. The summed E-state index contributed by atoms with van der Waals surface area (Å²) in [6.45, 7) is 6.08. The standard InChI is InChI=1S/C13H14ClFN2/c1-8(2)12-9(3)16-17(13(12)14)11-6-4-10(15)5-7-11/h4-8H,1-3H3. The zero-order valence-electron chi connectivity index (χ0n) is 10.0. The molecule has 90 valence electrons. The van der Waals surface area contributed by atoms with E-state index in [1.165, 1.54) is 12.1 Å². The number of rotatable bonds is 2. The van der Waals surface area contributed by atoms with E-state index in [2.05, 4.69) is 18.9 Å². The fourth-order valence-corrected chi connectivity index (χ4v) is 2.41. The third-order valence-electron chi connectivity index (χ3n) is 2.70. The van der Waals surface area contributed by atoms with Gasteiger partial charge in [0.1, 0.15) is 11.0 Å². The molecule has 0 saturated carbocycles. The van der Waals surface area contributed by atoms with Gasteiger partial charge in [0, 0.05) is 5.56 Å². The first-order valence-electron chi connectivity index (χ1n) is 5.51. The average Bonchev–Trinajstić information content (AvgIpc) is 2.55. The van der Waals surface area contributed by atoms with Gasteiger partial charge in [0.05, 0.1) is 11.4 Å². The second kappa shape index (κ2) is 4.49. The van der Waals surface area contributed by atoms with Gasteiger partial charge in [-0.05, 0) is 37.1 Å². The maximum absolute atomic E-state index is 12.9. The fraction of sp³-hybridized carbons (Fsp3) is 0.308. The van der Waals surface area contributed by atoms with Crippen LogP contribution in [0.15, 0.2) is 24.3 Å². The minimum Gasteiger partial charge on any atom is -0.222 e. The van der Waals surface area contributed by atoms with Crippen LogP contribution in [-0.4, -0.2) is 9.78 Å². The summed E-state index contributed by atoms with van der Waals surface area (Å²) >= 11 is 6.31. The van der Waals surface area contributed by atoms with Crippen LogP contribution in [0.4, 0.5) is 4.39 Å². The summed E-state index contributed by atoms with van der Waals surface area (Å²) in [5.74, 6) is 0.0505. The van der Waals surface area contributed by atoms with Gasteiger partial charge in [-0.25, -0.2) is 9.07 Å². The highest BCUT2D eigenvalue weighted by Crippen LogP contribution is 2.29. The first kappa shape index (κ1) is 12.1. The number of benzene rings is 1. The second-order valence-electron chi connectivity index (χ2n) is 4.33. The van der Waals surface area contributed by atoms with E-state index >= 15 is 0 Å². The largest absolute Gasteiger partial charge is 0.222 e. The first-order valence-corrected chi connectivity index (χ1v) is 5.89. The molecule has 0 atom stereocenters. The molecular formula is C13H14ClFN2. The van der Waals surface area contributed by atoms with E-state index in [4.69, 9.17) is 11.6 Å². The van der Waals surface area contributed by atoms with E-state index in [9.17, 15) is 4.39 Å². The van der Waals surface area contributed by atoms with Crippen LogP contribution in [0.5, 0.6) is 0 Å². The Hall–Kier alpha value is -1.35. The van der Waals surface area contributed by atoms with Crippen molar-refractivity contribution in [2.75, 3.05) is 0 Å². The van der Waals surface area contributed by atoms with Gasteiger partial charge in [0.2, 0.25) is 0 Å². The van der Waals surface area contributed by atoms with Gasteiger partial charge in [-0.1, -0.05) is 25.4 Å². The topological polar surface area (TPSA) is 17.8 Å². The van der Waals surface area contributed by atoms with E-state index < -0.39 is 0 Å². The van der Waals surface area contributed by atoms with E-state index in [-0.39, 0.29) is 5.82 Å². The predicted molar refractivity (Wildman–Crippen MR) is 67.4 cm³/mol. The summed E-state index contributed by atoms with van der Waals surface area (Å²) in [5, 5.41) is 4.99. The summed E-state index contributed by atoms with van der Waals surface area (Å²) in [4.78, 5) is 0. The van der Waals surface area contributed by atoms with Gasteiger partial charge >= 0.3 is 0 Å². The van der Waals surface area contributed by atoms with Crippen molar-refractivity contribution in [3.63, 3.8) is 0 Å². The summed E-state index contributed by atoms with van der Waals surface area (Å²) in [5.41, 5.74) is 2.72. The average molecular weight is 253 g/mol. The Morgan fingerprint density at radius 2 is 1.82 bits per heavy atom. The number of hydrogen-bond donors (Lipinski definition) is 0. The number of hydrogen-bond acceptors (Lipinski definition) is 1. The molecule has 0 unspecified atom stereocenters. The fourth-order valence-electron chi connectivity index (χ4n) is 1.92. The normalized spacial score (nSPS) is 11.2. The van der Waals surface area contributed by atoms with E-state index in [0.717, 1.165) is 16.9 Å². The highest BCUT2D eigenvalue weighted by Gasteiger charge is 2.16. The lowest BCUT2D eigenvalue weighted by molar-refractivity contribution is 0.627. The Bertz CT molecular complexity index is 529. The minimum absolute atomic E-state index is 0.266. The van der Waals surface area contributed by atoms with Gasteiger partial charge in [0.15, 0.2) is 0 Å². The van der Waals surface area contributed by atoms with Crippen molar-refractivity contribution in [1.82, 2.24) is 9.78 Å². The molecule has 17 heavy (non-hydrogen) atoms. The Balaban J connectivity index is 2.53. The van der Waals surface area contributed by atoms with Crippen LogP contribution in [0.2, 0.25) is 5.15 Å². The van der Waals surface area contributed by atoms with Crippen molar-refractivity contribution < 1.29 is 4.39 Å². The van der Waals surface area contributed by atoms with Gasteiger partial charge in [-0.15, -0.1) is 0 Å². The van der Waals surface area contributed by atoms with E-state index in [1.54, 1.807) is 16.8 Å². The van der Waals surface area contributed by atoms with Crippen molar-refractivity contribution in [1.29, 1.82) is 0 Å². The molecule has 2 aromatic rings. The van der Waals surface area contributed by atoms with Gasteiger partial charge < -0.3 is 0 Å². The lowest BCUT2D eigenvalue weighted by atomic mass is 10.1. The van der Waals surface area contributed by atoms with Crippen LogP contribution >= 0.6 is 11.6 Å². The molecule has 0 aliphatic heterocycles. The second-order valence-corrected chi connectivity index (χ2v) is 4.69. The van der Waals surface area contributed by atoms with Crippen LogP contribution in [0.1, 0.15) is 31.0 Å². The molecule has 0 N–H and O–H groups in total. The third kappa shape index (κ3) is 2.20. The SMILES string of the molecule is Cc1nn(-c2ccc(F)cc2)c(Cl)c1C(C)C. The van der Waals surface area contributed by atoms with Crippen LogP contribution in [-0.2, 0) is 0 Å². The van der Waals surface area contributed by atoms with Crippen LogP contribution in [0, 0.1) is 12.7 Å². The summed E-state index contributed by atoms with van der Waals surface area (Å²) in [7, 11) is 0. The Morgan fingerprint density at radius 1 is 1.24 bits per heavy atom. The van der Waals surface area contributed by atoms with Crippen molar-refractivity contribution in [2.45, 2.75) is 26.7 Å². The molecule has 0 fully saturated rings. The quantitative estimate of drug-likeness (QED) is 0.787. The molecular weight excluding hydrogens is 239 g/mol. The predicted octanol–water partition coefficient (Wildman–Crippen LogP) is 4.10. The summed E-state index contributed by atoms with van der Waals surface area (Å²) < 4.78 is 14.5. The van der Waals surface area contributed by atoms with Gasteiger partial charge in [-0.3, -0.25) is 0 Å². The molecule has 0 saturated heterocycles. The molecule has 0 aliphatic rings. The van der Waals surface area contributed by atoms with Crippen molar-refractivity contribution >= 4 is 11.6 Å². The zero-order chi connectivity index (χ0) is 12.6. The maximum Gasteiger partial charge on any atom is 0.136 e. The lowest BCUT2D eigenvalue weighted by Gasteiger charge is -2.05. The van der Waals surface area contributed by atoms with E-state index in [1.807, 2.05) is 6.92 Å². The monoisotopic (exact) mass is 252 g/mol. The number of aryl methyl sites for hydroxylation is 1. The molecule has 1 aromatic heterocycles. The molecule has 2 rings (SSSR count). The number of aromatic nitrogens is 2. The van der Waals surface area contributed by atoms with Crippen molar-refractivity contribution in [2.24, 2.45) is 0 Å². The summed E-state index contributed by atoms with van der Waals surface area (Å²) in [6.07, 6.45) is 0. The molecule has 0 radical (unpaired) electrons. The molecule has 4 heteroatoms. The molecule has 0 bridgehead atoms. The van der Waals surface area contributed by atoms with Crippen LogP contribution in [0.3, 0.4) is 0 Å².